The van der Waals surface area contributed by atoms with Gasteiger partial charge in [0.2, 0.25) is 5.91 Å². The second kappa shape index (κ2) is 6.60. The molecular weight excluding hydrogens is 300 g/mol. The van der Waals surface area contributed by atoms with Gasteiger partial charge in [-0.15, -0.1) is 0 Å². The molecule has 2 aromatic rings. The highest BCUT2D eigenvalue weighted by Gasteiger charge is 2.29. The van der Waals surface area contributed by atoms with Crippen molar-refractivity contribution in [3.63, 3.8) is 0 Å². The highest BCUT2D eigenvalue weighted by molar-refractivity contribution is 5.84. The monoisotopic (exact) mass is 326 g/mol. The third-order valence-corrected chi connectivity index (χ3v) is 5.55. The van der Waals surface area contributed by atoms with Gasteiger partial charge in [-0.2, -0.15) is 0 Å². The van der Waals surface area contributed by atoms with Gasteiger partial charge in [0.05, 0.1) is 0 Å². The zero-order chi connectivity index (χ0) is 16.5. The molecule has 2 aliphatic rings. The number of ether oxygens (including phenoxy) is 1. The molecule has 1 aromatic carbocycles. The van der Waals surface area contributed by atoms with Crippen molar-refractivity contribution >= 4 is 16.8 Å². The fourth-order valence-corrected chi connectivity index (χ4v) is 4.28. The second-order valence-corrected chi connectivity index (χ2v) is 7.36. The highest BCUT2D eigenvalue weighted by atomic mass is 16.5. The number of nitrogens with one attached hydrogen (secondary N) is 2. The zero-order valence-electron chi connectivity index (χ0n) is 14.3. The van der Waals surface area contributed by atoms with E-state index in [4.69, 9.17) is 4.74 Å². The summed E-state index contributed by atoms with van der Waals surface area (Å²) < 4.78 is 5.51. The maximum Gasteiger partial charge on any atom is 0.249 e. The summed E-state index contributed by atoms with van der Waals surface area (Å²) in [7, 11) is 0. The quantitative estimate of drug-likeness (QED) is 0.901. The first-order valence-corrected chi connectivity index (χ1v) is 9.20. The van der Waals surface area contributed by atoms with Crippen molar-refractivity contribution in [1.82, 2.24) is 10.3 Å². The number of hydrogen-bond donors (Lipinski definition) is 2. The Balaban J connectivity index is 1.47. The third-order valence-electron chi connectivity index (χ3n) is 5.55. The molecule has 128 valence electrons. The number of aromatic amines is 1. The summed E-state index contributed by atoms with van der Waals surface area (Å²) in [6.07, 6.45) is 8.28. The standard InChI is InChI=1S/C20H26N2O2/c1-13-7-8-18-16(10-13)17(12-21-18)14-4-2-5-15(11-14)22-20(23)19-6-3-9-24-19/h7-8,10,12,14-15,19,21H,2-6,9,11H2,1H3,(H,22,23)/t14?,15?,19-/m0/s1. The molecular formula is C20H26N2O2. The van der Waals surface area contributed by atoms with Crippen LogP contribution >= 0.6 is 0 Å². The van der Waals surface area contributed by atoms with Crippen molar-refractivity contribution in [3.05, 3.63) is 35.5 Å². The Morgan fingerprint density at radius 3 is 3.00 bits per heavy atom. The van der Waals surface area contributed by atoms with Gasteiger partial charge in [0, 0.05) is 29.7 Å². The Morgan fingerprint density at radius 2 is 2.17 bits per heavy atom. The Labute approximate surface area is 143 Å². The molecule has 24 heavy (non-hydrogen) atoms. The molecule has 1 saturated carbocycles. The average Bonchev–Trinajstić information content (AvgIpc) is 3.24. The van der Waals surface area contributed by atoms with Gasteiger partial charge in [-0.1, -0.05) is 18.1 Å². The molecule has 4 nitrogen and oxygen atoms in total. The lowest BCUT2D eigenvalue weighted by atomic mass is 9.81. The predicted octanol–water partition coefficient (Wildman–Crippen LogP) is 3.80. The van der Waals surface area contributed by atoms with Gasteiger partial charge in [-0.3, -0.25) is 4.79 Å². The van der Waals surface area contributed by atoms with E-state index in [2.05, 4.69) is 41.6 Å². The third kappa shape index (κ3) is 3.07. The van der Waals surface area contributed by atoms with Crippen LogP contribution in [0.15, 0.2) is 24.4 Å². The molecule has 1 aliphatic carbocycles. The lowest BCUT2D eigenvalue weighted by Crippen LogP contribution is -2.43. The van der Waals surface area contributed by atoms with Crippen LogP contribution in [0.4, 0.5) is 0 Å². The number of aryl methyl sites for hydroxylation is 1. The summed E-state index contributed by atoms with van der Waals surface area (Å²) in [6, 6.07) is 6.85. The molecule has 2 heterocycles. The van der Waals surface area contributed by atoms with E-state index < -0.39 is 0 Å². The Morgan fingerprint density at radius 1 is 1.25 bits per heavy atom. The first-order chi connectivity index (χ1) is 11.7. The fraction of sp³-hybridized carbons (Fsp3) is 0.550. The van der Waals surface area contributed by atoms with Crippen LogP contribution in [0, 0.1) is 6.92 Å². The van der Waals surface area contributed by atoms with Gasteiger partial charge in [0.25, 0.3) is 0 Å². The number of benzene rings is 1. The predicted molar refractivity (Wildman–Crippen MR) is 95.1 cm³/mol. The van der Waals surface area contributed by atoms with E-state index in [1.165, 1.54) is 34.9 Å². The number of H-pyrrole nitrogens is 1. The smallest absolute Gasteiger partial charge is 0.249 e. The number of carbonyl (C=O) groups excluding carboxylic acids is 1. The van der Waals surface area contributed by atoms with Gasteiger partial charge in [0.15, 0.2) is 0 Å². The van der Waals surface area contributed by atoms with Crippen LogP contribution in [-0.4, -0.2) is 29.6 Å². The van der Waals surface area contributed by atoms with Crippen LogP contribution in [0.1, 0.15) is 55.6 Å². The summed E-state index contributed by atoms with van der Waals surface area (Å²) >= 11 is 0. The molecule has 0 spiro atoms. The van der Waals surface area contributed by atoms with E-state index in [1.54, 1.807) is 0 Å². The minimum atomic E-state index is -0.221. The molecule has 0 bridgehead atoms. The van der Waals surface area contributed by atoms with Gasteiger partial charge >= 0.3 is 0 Å². The molecule has 2 N–H and O–H groups in total. The number of carbonyl (C=O) groups is 1. The molecule has 2 fully saturated rings. The van der Waals surface area contributed by atoms with Crippen molar-refractivity contribution in [1.29, 1.82) is 0 Å². The van der Waals surface area contributed by atoms with Gasteiger partial charge < -0.3 is 15.0 Å². The first-order valence-electron chi connectivity index (χ1n) is 9.20. The van der Waals surface area contributed by atoms with Crippen molar-refractivity contribution in [3.8, 4) is 0 Å². The molecule has 1 aromatic heterocycles. The van der Waals surface area contributed by atoms with Crippen LogP contribution in [0.2, 0.25) is 0 Å². The molecule has 1 saturated heterocycles. The second-order valence-electron chi connectivity index (χ2n) is 7.36. The van der Waals surface area contributed by atoms with Crippen LogP contribution < -0.4 is 5.32 Å². The van der Waals surface area contributed by atoms with Gasteiger partial charge in [-0.05, 0) is 62.6 Å². The summed E-state index contributed by atoms with van der Waals surface area (Å²) in [6.45, 7) is 2.86. The first kappa shape index (κ1) is 15.7. The SMILES string of the molecule is Cc1ccc2[nH]cc(C3CCCC(NC(=O)[C@@H]4CCCO4)C3)c2c1. The summed E-state index contributed by atoms with van der Waals surface area (Å²) in [5, 5.41) is 4.58. The van der Waals surface area contributed by atoms with Crippen molar-refractivity contribution in [2.75, 3.05) is 6.61 Å². The van der Waals surface area contributed by atoms with Crippen molar-refractivity contribution in [2.45, 2.75) is 63.5 Å². The minimum Gasteiger partial charge on any atom is -0.368 e. The van der Waals surface area contributed by atoms with Crippen LogP contribution in [0.3, 0.4) is 0 Å². The average molecular weight is 326 g/mol. The Bertz CT molecular complexity index is 730. The summed E-state index contributed by atoms with van der Waals surface area (Å²) in [5.41, 5.74) is 3.91. The van der Waals surface area contributed by atoms with E-state index in [-0.39, 0.29) is 18.1 Å². The molecule has 1 amide bonds. The summed E-state index contributed by atoms with van der Waals surface area (Å²) in [4.78, 5) is 15.7. The lowest BCUT2D eigenvalue weighted by Gasteiger charge is -2.30. The number of amides is 1. The lowest BCUT2D eigenvalue weighted by molar-refractivity contribution is -0.131. The molecule has 4 rings (SSSR count). The maximum absolute atomic E-state index is 12.3. The largest absolute Gasteiger partial charge is 0.368 e. The fourth-order valence-electron chi connectivity index (χ4n) is 4.28. The highest BCUT2D eigenvalue weighted by Crippen LogP contribution is 2.37. The molecule has 4 heteroatoms. The number of aromatic nitrogens is 1. The number of fused-ring (bicyclic) bond motifs is 1. The van der Waals surface area contributed by atoms with E-state index in [0.29, 0.717) is 5.92 Å². The number of rotatable bonds is 3. The van der Waals surface area contributed by atoms with Crippen LogP contribution in [0.5, 0.6) is 0 Å². The molecule has 3 atom stereocenters. The maximum atomic E-state index is 12.3. The normalized spacial score (nSPS) is 27.5. The summed E-state index contributed by atoms with van der Waals surface area (Å²) in [5.74, 6) is 0.608. The topological polar surface area (TPSA) is 54.1 Å². The minimum absolute atomic E-state index is 0.0907. The van der Waals surface area contributed by atoms with Gasteiger partial charge in [-0.25, -0.2) is 0 Å². The molecule has 2 unspecified atom stereocenters. The Kier molecular flexibility index (Phi) is 4.31. The zero-order valence-corrected chi connectivity index (χ0v) is 14.3. The van der Waals surface area contributed by atoms with Crippen LogP contribution in [-0.2, 0) is 9.53 Å². The van der Waals surface area contributed by atoms with E-state index >= 15 is 0 Å². The van der Waals surface area contributed by atoms with E-state index in [1.807, 2.05) is 0 Å². The van der Waals surface area contributed by atoms with E-state index in [9.17, 15) is 4.79 Å². The number of hydrogen-bond acceptors (Lipinski definition) is 2. The molecule has 1 aliphatic heterocycles. The van der Waals surface area contributed by atoms with Crippen LogP contribution in [0.25, 0.3) is 10.9 Å². The molecule has 0 radical (unpaired) electrons. The Hall–Kier alpha value is -1.81. The van der Waals surface area contributed by atoms with Crippen molar-refractivity contribution in [2.24, 2.45) is 0 Å². The van der Waals surface area contributed by atoms with E-state index in [0.717, 1.165) is 32.3 Å². The van der Waals surface area contributed by atoms with Gasteiger partial charge in [0.1, 0.15) is 6.10 Å². The van der Waals surface area contributed by atoms with Crippen molar-refractivity contribution < 1.29 is 9.53 Å².